The van der Waals surface area contributed by atoms with Crippen molar-refractivity contribution < 1.29 is 14.5 Å². The zero-order valence-electron chi connectivity index (χ0n) is 13.5. The van der Waals surface area contributed by atoms with Crippen molar-refractivity contribution in [3.05, 3.63) is 75.8 Å². The quantitative estimate of drug-likeness (QED) is 0.486. The lowest BCUT2D eigenvalue weighted by molar-refractivity contribution is -0.384. The third kappa shape index (κ3) is 3.40. The molecule has 1 aliphatic rings. The van der Waals surface area contributed by atoms with Crippen molar-refractivity contribution in [3.8, 4) is 0 Å². The number of nitro benzene ring substituents is 1. The Hall–Kier alpha value is -3.48. The molecule has 0 saturated carbocycles. The van der Waals surface area contributed by atoms with Crippen LogP contribution in [0.1, 0.15) is 12.5 Å². The zero-order chi connectivity index (χ0) is 17.8. The highest BCUT2D eigenvalue weighted by molar-refractivity contribution is 6.30. The van der Waals surface area contributed by atoms with Crippen LogP contribution in [-0.2, 0) is 9.53 Å². The summed E-state index contributed by atoms with van der Waals surface area (Å²) in [5, 5.41) is 16.2. The summed E-state index contributed by atoms with van der Waals surface area (Å²) in [5.41, 5.74) is 1.57. The van der Waals surface area contributed by atoms with Gasteiger partial charge in [0, 0.05) is 12.1 Å². The maximum atomic E-state index is 12.7. The Balaban J connectivity index is 1.95. The number of nitrogens with zero attached hydrogens (tertiary/aromatic N) is 3. The number of non-ortho nitro benzene ring substituents is 1. The van der Waals surface area contributed by atoms with Crippen LogP contribution in [0.4, 0.5) is 11.4 Å². The predicted molar refractivity (Wildman–Crippen MR) is 94.1 cm³/mol. The van der Waals surface area contributed by atoms with Crippen LogP contribution in [0.3, 0.4) is 0 Å². The summed E-state index contributed by atoms with van der Waals surface area (Å²) in [4.78, 5) is 23.0. The minimum atomic E-state index is -0.495. The average Bonchev–Trinajstić information content (AvgIpc) is 2.93. The average molecular weight is 337 g/mol. The van der Waals surface area contributed by atoms with Crippen molar-refractivity contribution >= 4 is 29.3 Å². The van der Waals surface area contributed by atoms with Crippen LogP contribution in [-0.4, -0.2) is 23.3 Å². The minimum absolute atomic E-state index is 0.0514. The van der Waals surface area contributed by atoms with Crippen molar-refractivity contribution in [1.29, 1.82) is 0 Å². The molecule has 1 amide bonds. The summed E-state index contributed by atoms with van der Waals surface area (Å²) in [7, 11) is 0. The number of carbonyl (C=O) groups excluding carboxylic acids is 1. The first-order chi connectivity index (χ1) is 12.1. The molecular weight excluding hydrogens is 322 g/mol. The molecule has 0 N–H and O–H groups in total. The van der Waals surface area contributed by atoms with E-state index in [9.17, 15) is 14.9 Å². The lowest BCUT2D eigenvalue weighted by Gasteiger charge is -2.10. The smallest absolute Gasteiger partial charge is 0.284 e. The number of benzene rings is 2. The number of rotatable bonds is 4. The number of amides is 1. The van der Waals surface area contributed by atoms with Gasteiger partial charge < -0.3 is 4.74 Å². The van der Waals surface area contributed by atoms with Crippen LogP contribution in [0.2, 0.25) is 0 Å². The fourth-order valence-corrected chi connectivity index (χ4v) is 2.37. The second kappa shape index (κ2) is 6.96. The van der Waals surface area contributed by atoms with E-state index in [1.54, 1.807) is 6.08 Å². The molecule has 0 bridgehead atoms. The molecule has 0 aromatic heterocycles. The first-order valence-electron chi connectivity index (χ1n) is 7.67. The number of nitro groups is 1. The molecule has 2 aromatic carbocycles. The third-order valence-electron chi connectivity index (χ3n) is 3.54. The standard InChI is InChI=1S/C18H15N3O4/c1-2-25-17-16(12-13-6-4-3-5-7-13)18(22)20(19-17)14-8-10-15(11-9-14)21(23)24/h3-12H,2H2,1H3. The molecule has 1 heterocycles. The molecule has 1 aliphatic heterocycles. The van der Waals surface area contributed by atoms with E-state index < -0.39 is 4.92 Å². The lowest BCUT2D eigenvalue weighted by atomic mass is 10.1. The monoisotopic (exact) mass is 337 g/mol. The molecule has 7 heteroatoms. The van der Waals surface area contributed by atoms with Gasteiger partial charge in [-0.15, -0.1) is 5.10 Å². The summed E-state index contributed by atoms with van der Waals surface area (Å²) in [6.07, 6.45) is 1.71. The number of anilines is 1. The molecule has 25 heavy (non-hydrogen) atoms. The van der Waals surface area contributed by atoms with Crippen molar-refractivity contribution in [1.82, 2.24) is 0 Å². The molecule has 0 fully saturated rings. The number of hydrazone groups is 1. The van der Waals surface area contributed by atoms with Crippen LogP contribution < -0.4 is 5.01 Å². The molecule has 0 atom stereocenters. The van der Waals surface area contributed by atoms with E-state index in [-0.39, 0.29) is 17.5 Å². The zero-order valence-corrected chi connectivity index (χ0v) is 13.5. The Kier molecular flexibility index (Phi) is 4.56. The van der Waals surface area contributed by atoms with Gasteiger partial charge >= 0.3 is 0 Å². The molecular formula is C18H15N3O4. The number of hydrogen-bond acceptors (Lipinski definition) is 5. The molecule has 0 radical (unpaired) electrons. The Morgan fingerprint density at radius 1 is 1.16 bits per heavy atom. The Labute approximate surface area is 144 Å². The SMILES string of the molecule is CCOC1=NN(c2ccc([N+](=O)[O-])cc2)C(=O)C1=Cc1ccccc1. The Morgan fingerprint density at radius 3 is 2.44 bits per heavy atom. The second-order valence-electron chi connectivity index (χ2n) is 5.20. The molecule has 3 rings (SSSR count). The normalized spacial score (nSPS) is 15.4. The van der Waals surface area contributed by atoms with E-state index in [1.807, 2.05) is 37.3 Å². The Morgan fingerprint density at radius 2 is 1.84 bits per heavy atom. The van der Waals surface area contributed by atoms with Gasteiger partial charge in [0.05, 0.1) is 17.2 Å². The second-order valence-corrected chi connectivity index (χ2v) is 5.20. The van der Waals surface area contributed by atoms with Gasteiger partial charge in [0.2, 0.25) is 5.90 Å². The van der Waals surface area contributed by atoms with E-state index in [2.05, 4.69) is 5.10 Å². The minimum Gasteiger partial charge on any atom is -0.476 e. The van der Waals surface area contributed by atoms with Gasteiger partial charge in [-0.1, -0.05) is 30.3 Å². The number of carbonyl (C=O) groups is 1. The summed E-state index contributed by atoms with van der Waals surface area (Å²) in [6.45, 7) is 2.17. The number of ether oxygens (including phenoxy) is 1. The highest BCUT2D eigenvalue weighted by Crippen LogP contribution is 2.27. The van der Waals surface area contributed by atoms with Gasteiger partial charge in [0.15, 0.2) is 0 Å². The highest BCUT2D eigenvalue weighted by atomic mass is 16.6. The fraction of sp³-hybridized carbons (Fsp3) is 0.111. The maximum absolute atomic E-state index is 12.7. The van der Waals surface area contributed by atoms with Crippen molar-refractivity contribution in [3.63, 3.8) is 0 Å². The predicted octanol–water partition coefficient (Wildman–Crippen LogP) is 3.38. The molecule has 0 spiro atoms. The molecule has 0 saturated heterocycles. The van der Waals surface area contributed by atoms with Crippen molar-refractivity contribution in [2.45, 2.75) is 6.92 Å². The first-order valence-corrected chi connectivity index (χ1v) is 7.67. The van der Waals surface area contributed by atoms with Gasteiger partial charge in [0.1, 0.15) is 5.57 Å². The molecule has 0 unspecified atom stereocenters. The Bertz CT molecular complexity index is 858. The summed E-state index contributed by atoms with van der Waals surface area (Å²) < 4.78 is 5.48. The summed E-state index contributed by atoms with van der Waals surface area (Å²) in [5.74, 6) is -0.115. The van der Waals surface area contributed by atoms with Crippen LogP contribution in [0.25, 0.3) is 6.08 Å². The van der Waals surface area contributed by atoms with Crippen molar-refractivity contribution in [2.24, 2.45) is 5.10 Å². The highest BCUT2D eigenvalue weighted by Gasteiger charge is 2.32. The largest absolute Gasteiger partial charge is 0.476 e. The molecule has 2 aromatic rings. The van der Waals surface area contributed by atoms with Gasteiger partial charge in [-0.05, 0) is 30.7 Å². The lowest BCUT2D eigenvalue weighted by Crippen LogP contribution is -2.21. The number of hydrogen-bond donors (Lipinski definition) is 0. The van der Waals surface area contributed by atoms with Crippen LogP contribution in [0, 0.1) is 10.1 Å². The van der Waals surface area contributed by atoms with Gasteiger partial charge in [-0.25, -0.2) is 0 Å². The third-order valence-corrected chi connectivity index (χ3v) is 3.54. The van der Waals surface area contributed by atoms with E-state index in [1.165, 1.54) is 29.3 Å². The maximum Gasteiger partial charge on any atom is 0.284 e. The van der Waals surface area contributed by atoms with E-state index in [0.717, 1.165) is 5.56 Å². The molecule has 0 aliphatic carbocycles. The summed E-state index contributed by atoms with van der Waals surface area (Å²) in [6, 6.07) is 15.0. The van der Waals surface area contributed by atoms with Gasteiger partial charge in [0.25, 0.3) is 11.6 Å². The topological polar surface area (TPSA) is 85.0 Å². The first kappa shape index (κ1) is 16.4. The van der Waals surface area contributed by atoms with Gasteiger partial charge in [-0.2, -0.15) is 5.01 Å². The van der Waals surface area contributed by atoms with E-state index in [0.29, 0.717) is 17.9 Å². The van der Waals surface area contributed by atoms with Crippen LogP contribution in [0.15, 0.2) is 65.3 Å². The van der Waals surface area contributed by atoms with Crippen LogP contribution in [0.5, 0.6) is 0 Å². The van der Waals surface area contributed by atoms with Crippen molar-refractivity contribution in [2.75, 3.05) is 11.6 Å². The van der Waals surface area contributed by atoms with Crippen LogP contribution >= 0.6 is 0 Å². The van der Waals surface area contributed by atoms with E-state index >= 15 is 0 Å². The molecule has 126 valence electrons. The molecule has 7 nitrogen and oxygen atoms in total. The van der Waals surface area contributed by atoms with E-state index in [4.69, 9.17) is 4.74 Å². The fourth-order valence-electron chi connectivity index (χ4n) is 2.37. The summed E-state index contributed by atoms with van der Waals surface area (Å²) >= 11 is 0. The van der Waals surface area contributed by atoms with Gasteiger partial charge in [-0.3, -0.25) is 14.9 Å².